The maximum absolute atomic E-state index is 10.6. The summed E-state index contributed by atoms with van der Waals surface area (Å²) in [5.74, 6) is 0.643. The fraction of sp³-hybridized carbons (Fsp3) is 0.300. The number of hydrogen-bond donors (Lipinski definition) is 0. The van der Waals surface area contributed by atoms with Gasteiger partial charge in [0, 0.05) is 5.56 Å². The number of benzene rings is 1. The molecule has 2 nitrogen and oxygen atoms in total. The predicted molar refractivity (Wildman–Crippen MR) is 52.9 cm³/mol. The van der Waals surface area contributed by atoms with E-state index in [0.717, 1.165) is 17.4 Å². The number of rotatable bonds is 2. The zero-order valence-corrected chi connectivity index (χ0v) is 8.61. The molecule has 0 atom stereocenters. The number of ether oxygens (including phenoxy) is 1. The van der Waals surface area contributed by atoms with Crippen molar-refractivity contribution in [2.24, 2.45) is 0 Å². The van der Waals surface area contributed by atoms with Crippen LogP contribution in [0.15, 0.2) is 6.07 Å². The van der Waals surface area contributed by atoms with E-state index in [4.69, 9.17) is 16.3 Å². The van der Waals surface area contributed by atoms with E-state index in [1.54, 1.807) is 20.1 Å². The van der Waals surface area contributed by atoms with E-state index in [9.17, 15) is 4.79 Å². The molecule has 0 aliphatic heterocycles. The van der Waals surface area contributed by atoms with Crippen molar-refractivity contribution in [2.45, 2.75) is 13.8 Å². The molecule has 0 bridgehead atoms. The van der Waals surface area contributed by atoms with Gasteiger partial charge in [0.05, 0.1) is 12.1 Å². The molecule has 0 aliphatic carbocycles. The zero-order chi connectivity index (χ0) is 10.0. The molecule has 1 rings (SSSR count). The van der Waals surface area contributed by atoms with Gasteiger partial charge in [-0.05, 0) is 31.0 Å². The minimum absolute atomic E-state index is 0.518. The van der Waals surface area contributed by atoms with Gasteiger partial charge in [-0.15, -0.1) is 0 Å². The average molecular weight is 199 g/mol. The van der Waals surface area contributed by atoms with Crippen LogP contribution in [0.3, 0.4) is 0 Å². The molecule has 0 saturated carbocycles. The van der Waals surface area contributed by atoms with E-state index < -0.39 is 0 Å². The lowest BCUT2D eigenvalue weighted by atomic mass is 10.1. The van der Waals surface area contributed by atoms with Crippen molar-refractivity contribution in [1.29, 1.82) is 0 Å². The minimum Gasteiger partial charge on any atom is -0.495 e. The summed E-state index contributed by atoms with van der Waals surface area (Å²) in [7, 11) is 1.56. The molecule has 0 unspecified atom stereocenters. The highest BCUT2D eigenvalue weighted by Crippen LogP contribution is 2.32. The van der Waals surface area contributed by atoms with Crippen LogP contribution >= 0.6 is 11.6 Å². The summed E-state index contributed by atoms with van der Waals surface area (Å²) in [6, 6.07) is 1.77. The smallest absolute Gasteiger partial charge is 0.150 e. The quantitative estimate of drug-likeness (QED) is 0.684. The number of carbonyl (C=O) groups excluding carboxylic acids is 1. The van der Waals surface area contributed by atoms with Crippen LogP contribution in [0.4, 0.5) is 0 Å². The standard InChI is InChI=1S/C10H11ClO2/c1-6-4-8(5-12)7(2)9(11)10(6)13-3/h4-5H,1-3H3. The van der Waals surface area contributed by atoms with Crippen LogP contribution < -0.4 is 4.74 Å². The van der Waals surface area contributed by atoms with Gasteiger partial charge in [0.2, 0.25) is 0 Å². The Bertz CT molecular complexity index is 345. The molecule has 0 aromatic heterocycles. The fourth-order valence-corrected chi connectivity index (χ4v) is 1.59. The summed E-state index contributed by atoms with van der Waals surface area (Å²) < 4.78 is 5.11. The van der Waals surface area contributed by atoms with Crippen LogP contribution in [0.1, 0.15) is 21.5 Å². The second-order valence-electron chi connectivity index (χ2n) is 2.87. The molecule has 0 saturated heterocycles. The maximum atomic E-state index is 10.6. The van der Waals surface area contributed by atoms with Gasteiger partial charge in [-0.2, -0.15) is 0 Å². The predicted octanol–water partition coefficient (Wildman–Crippen LogP) is 2.78. The van der Waals surface area contributed by atoms with Gasteiger partial charge in [-0.3, -0.25) is 4.79 Å². The molecule has 1 aromatic rings. The van der Waals surface area contributed by atoms with Crippen LogP contribution in [0.2, 0.25) is 5.02 Å². The van der Waals surface area contributed by atoms with Crippen molar-refractivity contribution in [3.05, 3.63) is 27.8 Å². The Hall–Kier alpha value is -1.02. The molecular weight excluding hydrogens is 188 g/mol. The Morgan fingerprint density at radius 3 is 2.54 bits per heavy atom. The highest BCUT2D eigenvalue weighted by molar-refractivity contribution is 6.33. The molecule has 0 aliphatic rings. The Morgan fingerprint density at radius 1 is 1.46 bits per heavy atom. The summed E-state index contributed by atoms with van der Waals surface area (Å²) in [5, 5.41) is 0.518. The highest BCUT2D eigenvalue weighted by Gasteiger charge is 2.11. The number of methoxy groups -OCH3 is 1. The van der Waals surface area contributed by atoms with Crippen molar-refractivity contribution in [1.82, 2.24) is 0 Å². The Kier molecular flexibility index (Phi) is 2.94. The Labute approximate surface area is 82.5 Å². The van der Waals surface area contributed by atoms with Crippen molar-refractivity contribution in [2.75, 3.05) is 7.11 Å². The normalized spacial score (nSPS) is 9.85. The minimum atomic E-state index is 0.518. The van der Waals surface area contributed by atoms with Crippen LogP contribution in [0.25, 0.3) is 0 Å². The van der Waals surface area contributed by atoms with Gasteiger partial charge in [0.25, 0.3) is 0 Å². The van der Waals surface area contributed by atoms with Crippen molar-refractivity contribution < 1.29 is 9.53 Å². The van der Waals surface area contributed by atoms with Gasteiger partial charge in [-0.1, -0.05) is 11.6 Å². The lowest BCUT2D eigenvalue weighted by molar-refractivity contribution is 0.112. The lowest BCUT2D eigenvalue weighted by Gasteiger charge is -2.10. The van der Waals surface area contributed by atoms with E-state index in [0.29, 0.717) is 16.3 Å². The lowest BCUT2D eigenvalue weighted by Crippen LogP contribution is -1.95. The molecule has 70 valence electrons. The van der Waals surface area contributed by atoms with E-state index in [1.807, 2.05) is 6.92 Å². The molecular formula is C10H11ClO2. The topological polar surface area (TPSA) is 26.3 Å². The van der Waals surface area contributed by atoms with E-state index in [1.165, 1.54) is 0 Å². The Morgan fingerprint density at radius 2 is 2.08 bits per heavy atom. The summed E-state index contributed by atoms with van der Waals surface area (Å²) in [4.78, 5) is 10.6. The first-order chi connectivity index (χ1) is 6.11. The molecule has 0 radical (unpaired) electrons. The van der Waals surface area contributed by atoms with Gasteiger partial charge >= 0.3 is 0 Å². The van der Waals surface area contributed by atoms with E-state index in [-0.39, 0.29) is 0 Å². The number of halogens is 1. The summed E-state index contributed by atoms with van der Waals surface area (Å²) in [6.45, 7) is 3.66. The first-order valence-electron chi connectivity index (χ1n) is 3.90. The van der Waals surface area contributed by atoms with Gasteiger partial charge < -0.3 is 4.74 Å². The third-order valence-corrected chi connectivity index (χ3v) is 2.48. The number of aryl methyl sites for hydroxylation is 1. The third kappa shape index (κ3) is 1.68. The molecule has 0 N–H and O–H groups in total. The molecule has 0 amide bonds. The van der Waals surface area contributed by atoms with Crippen LogP contribution in [0, 0.1) is 13.8 Å². The van der Waals surface area contributed by atoms with E-state index >= 15 is 0 Å². The first-order valence-corrected chi connectivity index (χ1v) is 4.28. The number of hydrogen-bond acceptors (Lipinski definition) is 2. The molecule has 13 heavy (non-hydrogen) atoms. The van der Waals surface area contributed by atoms with Crippen molar-refractivity contribution >= 4 is 17.9 Å². The Balaban J connectivity index is 3.45. The van der Waals surface area contributed by atoms with Crippen LogP contribution in [-0.4, -0.2) is 13.4 Å². The van der Waals surface area contributed by atoms with Crippen molar-refractivity contribution in [3.63, 3.8) is 0 Å². The highest BCUT2D eigenvalue weighted by atomic mass is 35.5. The van der Waals surface area contributed by atoms with Crippen LogP contribution in [0.5, 0.6) is 5.75 Å². The van der Waals surface area contributed by atoms with Gasteiger partial charge in [0.1, 0.15) is 12.0 Å². The largest absolute Gasteiger partial charge is 0.495 e. The maximum Gasteiger partial charge on any atom is 0.150 e. The van der Waals surface area contributed by atoms with Gasteiger partial charge in [0.15, 0.2) is 0 Å². The van der Waals surface area contributed by atoms with Crippen LogP contribution in [-0.2, 0) is 0 Å². The molecule has 3 heteroatoms. The molecule has 0 fully saturated rings. The monoisotopic (exact) mass is 198 g/mol. The second kappa shape index (κ2) is 3.79. The third-order valence-electron chi connectivity index (χ3n) is 2.02. The first kappa shape index (κ1) is 10.1. The second-order valence-corrected chi connectivity index (χ2v) is 3.25. The molecule has 1 aromatic carbocycles. The summed E-state index contributed by atoms with van der Waals surface area (Å²) in [5.41, 5.74) is 2.25. The van der Waals surface area contributed by atoms with Crippen molar-refractivity contribution in [3.8, 4) is 5.75 Å². The SMILES string of the molecule is COc1c(C)cc(C=O)c(C)c1Cl. The number of carbonyl (C=O) groups is 1. The zero-order valence-electron chi connectivity index (χ0n) is 7.85. The van der Waals surface area contributed by atoms with E-state index in [2.05, 4.69) is 0 Å². The average Bonchev–Trinajstić information content (AvgIpc) is 2.12. The van der Waals surface area contributed by atoms with Gasteiger partial charge in [-0.25, -0.2) is 0 Å². The fourth-order valence-electron chi connectivity index (χ4n) is 1.25. The summed E-state index contributed by atoms with van der Waals surface area (Å²) in [6.07, 6.45) is 0.799. The molecule has 0 heterocycles. The number of aldehydes is 1. The molecule has 0 spiro atoms. The summed E-state index contributed by atoms with van der Waals surface area (Å²) >= 11 is 6.00.